The Kier molecular flexibility index (Phi) is 2.18. The highest BCUT2D eigenvalue weighted by Crippen LogP contribution is 2.11. The fraction of sp³-hybridized carbons (Fsp3) is 0.200. The van der Waals surface area contributed by atoms with Gasteiger partial charge >= 0.3 is 0 Å². The van der Waals surface area contributed by atoms with Crippen molar-refractivity contribution in [2.24, 2.45) is 7.05 Å². The quantitative estimate of drug-likeness (QED) is 0.782. The van der Waals surface area contributed by atoms with Crippen LogP contribution in [0.1, 0.15) is 5.56 Å². The van der Waals surface area contributed by atoms with Gasteiger partial charge in [0.2, 0.25) is 0 Å². The van der Waals surface area contributed by atoms with Gasteiger partial charge in [0.05, 0.1) is 0 Å². The number of hydrogen-bond donors (Lipinski definition) is 1. The van der Waals surface area contributed by atoms with E-state index in [0.29, 0.717) is 0 Å². The third-order valence-electron chi connectivity index (χ3n) is 1.88. The maximum atomic E-state index is 4.22. The molecule has 0 unspecified atom stereocenters. The topological polar surface area (TPSA) is 42.7 Å². The van der Waals surface area contributed by atoms with Crippen LogP contribution >= 0.6 is 0 Å². The molecular formula is C10H12N4. The smallest absolute Gasteiger partial charge is 0.153 e. The van der Waals surface area contributed by atoms with Gasteiger partial charge in [0, 0.05) is 25.5 Å². The molecule has 4 heteroatoms. The lowest BCUT2D eigenvalue weighted by molar-refractivity contribution is 0.771. The van der Waals surface area contributed by atoms with Crippen LogP contribution in [0.5, 0.6) is 0 Å². The highest BCUT2D eigenvalue weighted by molar-refractivity contribution is 5.50. The van der Waals surface area contributed by atoms with Crippen molar-refractivity contribution in [1.82, 2.24) is 14.8 Å². The number of nitrogens with zero attached hydrogens (tertiary/aromatic N) is 3. The molecule has 0 atom stereocenters. The fourth-order valence-corrected chi connectivity index (χ4v) is 1.15. The molecule has 0 amide bonds. The lowest BCUT2D eigenvalue weighted by Crippen LogP contribution is -1.95. The van der Waals surface area contributed by atoms with E-state index in [-0.39, 0.29) is 0 Å². The van der Waals surface area contributed by atoms with Gasteiger partial charge in [0.1, 0.15) is 5.82 Å². The third-order valence-corrected chi connectivity index (χ3v) is 1.88. The number of anilines is 2. The Morgan fingerprint density at radius 1 is 1.21 bits per heavy atom. The standard InChI is InChI=1S/C10H12N4/c1-8-3-4-9(11-7-8)12-10-5-6-14(2)13-10/h3-7H,1-2H3,(H,11,12,13). The second kappa shape index (κ2) is 3.49. The lowest BCUT2D eigenvalue weighted by atomic mass is 10.3. The van der Waals surface area contributed by atoms with Crippen molar-refractivity contribution in [2.75, 3.05) is 5.32 Å². The molecule has 4 nitrogen and oxygen atoms in total. The van der Waals surface area contributed by atoms with Gasteiger partial charge in [-0.25, -0.2) is 4.98 Å². The second-order valence-electron chi connectivity index (χ2n) is 3.22. The van der Waals surface area contributed by atoms with Crippen LogP contribution in [0.15, 0.2) is 30.6 Å². The molecule has 1 N–H and O–H groups in total. The van der Waals surface area contributed by atoms with Crippen LogP contribution in [0.4, 0.5) is 11.6 Å². The molecule has 0 radical (unpaired) electrons. The van der Waals surface area contributed by atoms with Crippen molar-refractivity contribution in [1.29, 1.82) is 0 Å². The highest BCUT2D eigenvalue weighted by Gasteiger charge is 1.97. The molecule has 0 aliphatic heterocycles. The van der Waals surface area contributed by atoms with Gasteiger partial charge in [-0.1, -0.05) is 6.07 Å². The van der Waals surface area contributed by atoms with Gasteiger partial charge in [-0.3, -0.25) is 4.68 Å². The third kappa shape index (κ3) is 1.90. The van der Waals surface area contributed by atoms with Crippen LogP contribution in [0.2, 0.25) is 0 Å². The average Bonchev–Trinajstić information content (AvgIpc) is 2.56. The van der Waals surface area contributed by atoms with Crippen LogP contribution in [0.3, 0.4) is 0 Å². The Hall–Kier alpha value is -1.84. The summed E-state index contributed by atoms with van der Waals surface area (Å²) in [5, 5.41) is 7.30. The molecule has 0 saturated carbocycles. The van der Waals surface area contributed by atoms with E-state index in [1.807, 2.05) is 44.6 Å². The molecule has 0 saturated heterocycles. The monoisotopic (exact) mass is 188 g/mol. The molecule has 0 bridgehead atoms. The highest BCUT2D eigenvalue weighted by atomic mass is 15.3. The molecule has 2 aromatic rings. The van der Waals surface area contributed by atoms with Crippen LogP contribution < -0.4 is 5.32 Å². The summed E-state index contributed by atoms with van der Waals surface area (Å²) in [7, 11) is 1.88. The zero-order chi connectivity index (χ0) is 9.97. The maximum Gasteiger partial charge on any atom is 0.153 e. The average molecular weight is 188 g/mol. The van der Waals surface area contributed by atoms with Gasteiger partial charge < -0.3 is 5.32 Å². The predicted octanol–water partition coefficient (Wildman–Crippen LogP) is 1.87. The molecular weight excluding hydrogens is 176 g/mol. The summed E-state index contributed by atoms with van der Waals surface area (Å²) in [5.74, 6) is 1.62. The Balaban J connectivity index is 2.15. The van der Waals surface area contributed by atoms with Crippen molar-refractivity contribution in [3.05, 3.63) is 36.2 Å². The van der Waals surface area contributed by atoms with Crippen molar-refractivity contribution >= 4 is 11.6 Å². The number of nitrogens with one attached hydrogen (secondary N) is 1. The van der Waals surface area contributed by atoms with Crippen molar-refractivity contribution in [3.63, 3.8) is 0 Å². The summed E-state index contributed by atoms with van der Waals surface area (Å²) >= 11 is 0. The Morgan fingerprint density at radius 2 is 2.07 bits per heavy atom. The number of rotatable bonds is 2. The van der Waals surface area contributed by atoms with Crippen LogP contribution in [0.25, 0.3) is 0 Å². The van der Waals surface area contributed by atoms with Gasteiger partial charge in [-0.15, -0.1) is 0 Å². The van der Waals surface area contributed by atoms with Crippen LogP contribution in [0, 0.1) is 6.92 Å². The van der Waals surface area contributed by atoms with Gasteiger partial charge in [-0.2, -0.15) is 5.10 Å². The van der Waals surface area contributed by atoms with E-state index in [0.717, 1.165) is 17.2 Å². The first-order chi connectivity index (χ1) is 6.74. The first-order valence-corrected chi connectivity index (χ1v) is 4.43. The van der Waals surface area contributed by atoms with E-state index in [9.17, 15) is 0 Å². The number of aryl methyl sites for hydroxylation is 2. The summed E-state index contributed by atoms with van der Waals surface area (Å²) in [6.07, 6.45) is 3.71. The Bertz CT molecular complexity index is 416. The summed E-state index contributed by atoms with van der Waals surface area (Å²) < 4.78 is 1.75. The van der Waals surface area contributed by atoms with E-state index < -0.39 is 0 Å². The first kappa shape index (κ1) is 8.74. The van der Waals surface area contributed by atoms with Crippen LogP contribution in [-0.4, -0.2) is 14.8 Å². The summed E-state index contributed by atoms with van der Waals surface area (Å²) in [6.45, 7) is 2.01. The SMILES string of the molecule is Cc1ccc(Nc2ccn(C)n2)nc1. The number of aromatic nitrogens is 3. The largest absolute Gasteiger partial charge is 0.323 e. The summed E-state index contributed by atoms with van der Waals surface area (Å²) in [4.78, 5) is 4.22. The zero-order valence-corrected chi connectivity index (χ0v) is 8.23. The maximum absolute atomic E-state index is 4.22. The van der Waals surface area contributed by atoms with Gasteiger partial charge in [0.25, 0.3) is 0 Å². The molecule has 0 spiro atoms. The molecule has 2 aromatic heterocycles. The molecule has 2 rings (SSSR count). The molecule has 2 heterocycles. The summed E-state index contributed by atoms with van der Waals surface area (Å²) in [6, 6.07) is 5.85. The van der Waals surface area contributed by atoms with Crippen LogP contribution in [-0.2, 0) is 7.05 Å². The minimum Gasteiger partial charge on any atom is -0.323 e. The number of hydrogen-bond acceptors (Lipinski definition) is 3. The van der Waals surface area contributed by atoms with E-state index in [4.69, 9.17) is 0 Å². The van der Waals surface area contributed by atoms with Gasteiger partial charge in [0.15, 0.2) is 5.82 Å². The van der Waals surface area contributed by atoms with E-state index in [1.165, 1.54) is 0 Å². The molecule has 0 fully saturated rings. The van der Waals surface area contributed by atoms with Gasteiger partial charge in [-0.05, 0) is 18.6 Å². The molecule has 0 aliphatic carbocycles. The Labute approximate surface area is 82.6 Å². The predicted molar refractivity (Wildman–Crippen MR) is 55.5 cm³/mol. The molecule has 0 aromatic carbocycles. The van der Waals surface area contributed by atoms with Crippen molar-refractivity contribution < 1.29 is 0 Å². The second-order valence-corrected chi connectivity index (χ2v) is 3.22. The fourth-order valence-electron chi connectivity index (χ4n) is 1.15. The normalized spacial score (nSPS) is 10.1. The number of pyridine rings is 1. The van der Waals surface area contributed by atoms with Crippen molar-refractivity contribution in [2.45, 2.75) is 6.92 Å². The molecule has 14 heavy (non-hydrogen) atoms. The first-order valence-electron chi connectivity index (χ1n) is 4.43. The zero-order valence-electron chi connectivity index (χ0n) is 8.23. The van der Waals surface area contributed by atoms with Crippen molar-refractivity contribution in [3.8, 4) is 0 Å². The van der Waals surface area contributed by atoms with E-state index in [2.05, 4.69) is 15.4 Å². The lowest BCUT2D eigenvalue weighted by Gasteiger charge is -2.01. The minimum atomic E-state index is 0.809. The Morgan fingerprint density at radius 3 is 2.64 bits per heavy atom. The summed E-state index contributed by atoms with van der Waals surface area (Å²) in [5.41, 5.74) is 1.15. The molecule has 0 aliphatic rings. The molecule has 72 valence electrons. The minimum absolute atomic E-state index is 0.809. The van der Waals surface area contributed by atoms with E-state index in [1.54, 1.807) is 4.68 Å². The van der Waals surface area contributed by atoms with E-state index >= 15 is 0 Å².